The fraction of sp³-hybridized carbons (Fsp3) is 0.318. The van der Waals surface area contributed by atoms with E-state index in [0.717, 1.165) is 23.3 Å². The van der Waals surface area contributed by atoms with Gasteiger partial charge in [0.15, 0.2) is 6.23 Å². The number of nitrogens with zero attached hydrogens (tertiary/aromatic N) is 1. The van der Waals surface area contributed by atoms with Crippen molar-refractivity contribution in [2.45, 2.75) is 31.5 Å². The highest BCUT2D eigenvalue weighted by atomic mass is 35.5. The van der Waals surface area contributed by atoms with Crippen LogP contribution in [-0.2, 0) is 4.74 Å². The maximum absolute atomic E-state index is 9.93. The lowest BCUT2D eigenvalue weighted by atomic mass is 9.74. The summed E-state index contributed by atoms with van der Waals surface area (Å²) in [6, 6.07) is 15.3. The van der Waals surface area contributed by atoms with Crippen molar-refractivity contribution in [1.29, 1.82) is 5.26 Å². The summed E-state index contributed by atoms with van der Waals surface area (Å²) in [5.74, 6) is 0.364. The number of benzene rings is 2. The Labute approximate surface area is 185 Å². The molecule has 0 aromatic heterocycles. The van der Waals surface area contributed by atoms with Gasteiger partial charge in [0.25, 0.3) is 0 Å². The van der Waals surface area contributed by atoms with Gasteiger partial charge in [0.05, 0.1) is 28.3 Å². The summed E-state index contributed by atoms with van der Waals surface area (Å²) in [7, 11) is 0. The molecule has 1 saturated heterocycles. The summed E-state index contributed by atoms with van der Waals surface area (Å²) in [5, 5.41) is 10.9. The van der Waals surface area contributed by atoms with Gasteiger partial charge in [-0.15, -0.1) is 0 Å². The van der Waals surface area contributed by atoms with E-state index in [1.54, 1.807) is 6.07 Å². The number of para-hydroxylation sites is 1. The van der Waals surface area contributed by atoms with Gasteiger partial charge in [-0.3, -0.25) is 0 Å². The van der Waals surface area contributed by atoms with Crippen LogP contribution in [0.1, 0.15) is 36.4 Å². The Morgan fingerprint density at radius 1 is 1.17 bits per heavy atom. The summed E-state index contributed by atoms with van der Waals surface area (Å²) in [5.41, 5.74) is 14.8. The highest BCUT2D eigenvalue weighted by molar-refractivity contribution is 6.42. The zero-order valence-electron chi connectivity index (χ0n) is 16.4. The fourth-order valence-electron chi connectivity index (χ4n) is 4.14. The number of nitrogens with one attached hydrogen (secondary N) is 2. The van der Waals surface area contributed by atoms with Gasteiger partial charge in [-0.1, -0.05) is 54.4 Å². The predicted molar refractivity (Wildman–Crippen MR) is 116 cm³/mol. The van der Waals surface area contributed by atoms with E-state index in [0.29, 0.717) is 22.2 Å². The summed E-state index contributed by atoms with van der Waals surface area (Å²) in [6.07, 6.45) is 0.456. The van der Waals surface area contributed by atoms with Crippen LogP contribution in [0.15, 0.2) is 53.9 Å². The van der Waals surface area contributed by atoms with Crippen molar-refractivity contribution in [2.24, 2.45) is 11.7 Å². The second kappa shape index (κ2) is 8.75. The molecule has 2 aromatic carbocycles. The van der Waals surface area contributed by atoms with E-state index in [9.17, 15) is 5.26 Å². The Hall–Kier alpha value is -2.43. The maximum atomic E-state index is 9.93. The third kappa shape index (κ3) is 3.70. The molecule has 4 atom stereocenters. The number of hydrazine groups is 1. The number of hydrogen-bond donors (Lipinski definition) is 3. The normalized spacial score (nSPS) is 25.4. The maximum Gasteiger partial charge on any atom is 0.200 e. The van der Waals surface area contributed by atoms with Crippen molar-refractivity contribution in [3.63, 3.8) is 0 Å². The molecule has 0 saturated carbocycles. The minimum absolute atomic E-state index is 0.123. The van der Waals surface area contributed by atoms with Gasteiger partial charge in [-0.25, -0.2) is 10.9 Å². The van der Waals surface area contributed by atoms with E-state index < -0.39 is 6.23 Å². The van der Waals surface area contributed by atoms with Crippen LogP contribution in [-0.4, -0.2) is 12.8 Å². The molecule has 0 amide bonds. The molecule has 0 bridgehead atoms. The van der Waals surface area contributed by atoms with E-state index in [1.165, 1.54) is 0 Å². The van der Waals surface area contributed by atoms with E-state index in [4.69, 9.17) is 38.4 Å². The Bertz CT molecular complexity index is 1020. The third-order valence-electron chi connectivity index (χ3n) is 5.47. The molecule has 156 valence electrons. The monoisotopic (exact) mass is 444 g/mol. The smallest absolute Gasteiger partial charge is 0.200 e. The zero-order valence-corrected chi connectivity index (χ0v) is 17.9. The first-order chi connectivity index (χ1) is 14.5. The lowest BCUT2D eigenvalue weighted by Crippen LogP contribution is -2.41. The molecule has 1 fully saturated rings. The molecule has 4 N–H and O–H groups in total. The van der Waals surface area contributed by atoms with Gasteiger partial charge in [-0.2, -0.15) is 5.26 Å². The number of fused-ring (bicyclic) bond motifs is 1. The SMILES string of the molecule is CCCOc1ccccc1C1C(C#N)=C(N)OC2NNC(c3ccc(Cl)c(Cl)c3)C21. The predicted octanol–water partition coefficient (Wildman–Crippen LogP) is 4.38. The summed E-state index contributed by atoms with van der Waals surface area (Å²) >= 11 is 12.4. The standard InChI is InChI=1S/C22H22Cl2N4O2/c1-2-9-29-17-6-4-3-5-13(17)18-14(11-25)21(26)30-22-19(18)20(27-28-22)12-7-8-15(23)16(24)10-12/h3-8,10,18-20,22,27-28H,2,9,26H2,1H3. The van der Waals surface area contributed by atoms with Gasteiger partial charge in [0.2, 0.25) is 5.88 Å². The van der Waals surface area contributed by atoms with E-state index in [1.807, 2.05) is 36.4 Å². The van der Waals surface area contributed by atoms with E-state index >= 15 is 0 Å². The third-order valence-corrected chi connectivity index (χ3v) is 6.21. The largest absolute Gasteiger partial charge is 0.493 e. The molecular formula is C22H22Cl2N4O2. The zero-order chi connectivity index (χ0) is 21.3. The molecule has 2 aliphatic rings. The Morgan fingerprint density at radius 2 is 1.97 bits per heavy atom. The Morgan fingerprint density at radius 3 is 2.70 bits per heavy atom. The van der Waals surface area contributed by atoms with Crippen molar-refractivity contribution in [3.8, 4) is 11.8 Å². The number of ether oxygens (including phenoxy) is 2. The van der Waals surface area contributed by atoms with Crippen LogP contribution in [0.25, 0.3) is 0 Å². The second-order valence-corrected chi connectivity index (χ2v) is 8.12. The average molecular weight is 445 g/mol. The molecule has 8 heteroatoms. The van der Waals surface area contributed by atoms with Crippen LogP contribution in [0.4, 0.5) is 0 Å². The van der Waals surface area contributed by atoms with Gasteiger partial charge in [-0.05, 0) is 30.2 Å². The van der Waals surface area contributed by atoms with Gasteiger partial charge < -0.3 is 15.2 Å². The highest BCUT2D eigenvalue weighted by Gasteiger charge is 2.50. The fourth-order valence-corrected chi connectivity index (χ4v) is 4.45. The molecule has 0 radical (unpaired) electrons. The van der Waals surface area contributed by atoms with E-state index in [2.05, 4.69) is 23.8 Å². The lowest BCUT2D eigenvalue weighted by molar-refractivity contribution is 0.0337. The van der Waals surface area contributed by atoms with Gasteiger partial charge in [0.1, 0.15) is 11.8 Å². The highest BCUT2D eigenvalue weighted by Crippen LogP contribution is 2.49. The molecule has 4 unspecified atom stereocenters. The summed E-state index contributed by atoms with van der Waals surface area (Å²) in [6.45, 7) is 2.64. The topological polar surface area (TPSA) is 92.3 Å². The van der Waals surface area contributed by atoms with Crippen molar-refractivity contribution < 1.29 is 9.47 Å². The quantitative estimate of drug-likeness (QED) is 0.633. The molecule has 2 aromatic rings. The van der Waals surface area contributed by atoms with Crippen LogP contribution in [0.5, 0.6) is 5.75 Å². The number of allylic oxidation sites excluding steroid dienone is 1. The van der Waals surface area contributed by atoms with Crippen LogP contribution in [0.2, 0.25) is 10.0 Å². The van der Waals surface area contributed by atoms with Crippen LogP contribution < -0.4 is 21.3 Å². The summed E-state index contributed by atoms with van der Waals surface area (Å²) in [4.78, 5) is 0. The number of rotatable bonds is 5. The van der Waals surface area contributed by atoms with Crippen LogP contribution >= 0.6 is 23.2 Å². The van der Waals surface area contributed by atoms with Crippen molar-refractivity contribution in [3.05, 3.63) is 75.1 Å². The number of nitriles is 1. The Balaban J connectivity index is 1.82. The molecule has 2 aliphatic heterocycles. The number of halogens is 2. The molecule has 0 spiro atoms. The van der Waals surface area contributed by atoms with Crippen LogP contribution in [0.3, 0.4) is 0 Å². The first-order valence-corrected chi connectivity index (χ1v) is 10.5. The van der Waals surface area contributed by atoms with Gasteiger partial charge in [0, 0.05) is 17.4 Å². The minimum atomic E-state index is -0.425. The molecule has 4 rings (SSSR count). The van der Waals surface area contributed by atoms with Crippen LogP contribution in [0, 0.1) is 17.2 Å². The average Bonchev–Trinajstić information content (AvgIpc) is 3.16. The first kappa shape index (κ1) is 20.8. The van der Waals surface area contributed by atoms with Crippen molar-refractivity contribution in [2.75, 3.05) is 6.61 Å². The molecule has 2 heterocycles. The number of hydrogen-bond acceptors (Lipinski definition) is 6. The van der Waals surface area contributed by atoms with E-state index in [-0.39, 0.29) is 23.8 Å². The van der Waals surface area contributed by atoms with Crippen molar-refractivity contribution >= 4 is 23.2 Å². The molecule has 30 heavy (non-hydrogen) atoms. The Kier molecular flexibility index (Phi) is 6.07. The lowest BCUT2D eigenvalue weighted by Gasteiger charge is -2.36. The minimum Gasteiger partial charge on any atom is -0.493 e. The molecule has 0 aliphatic carbocycles. The number of nitrogens with two attached hydrogens (primary N) is 1. The van der Waals surface area contributed by atoms with Crippen molar-refractivity contribution in [1.82, 2.24) is 10.9 Å². The summed E-state index contributed by atoms with van der Waals surface area (Å²) < 4.78 is 11.9. The first-order valence-electron chi connectivity index (χ1n) is 9.79. The van der Waals surface area contributed by atoms with Gasteiger partial charge >= 0.3 is 0 Å². The second-order valence-electron chi connectivity index (χ2n) is 7.31. The molecule has 6 nitrogen and oxygen atoms in total. The molecular weight excluding hydrogens is 423 g/mol.